The third kappa shape index (κ3) is 3.85. The van der Waals surface area contributed by atoms with Gasteiger partial charge in [-0.05, 0) is 30.5 Å². The number of aliphatic hydroxyl groups excluding tert-OH is 1. The molecule has 1 fully saturated rings. The number of anilines is 2. The van der Waals surface area contributed by atoms with Crippen molar-refractivity contribution in [2.45, 2.75) is 19.4 Å². The first-order valence-corrected chi connectivity index (χ1v) is 7.09. The first kappa shape index (κ1) is 15.1. The van der Waals surface area contributed by atoms with Crippen LogP contribution in [0.1, 0.15) is 13.3 Å². The van der Waals surface area contributed by atoms with Crippen molar-refractivity contribution in [3.05, 3.63) is 23.2 Å². The number of carbonyl (C=O) groups excluding carboxylic acids is 1. The van der Waals surface area contributed by atoms with E-state index < -0.39 is 0 Å². The number of benzene rings is 1. The zero-order valence-corrected chi connectivity index (χ0v) is 12.2. The minimum atomic E-state index is -0.263. The van der Waals surface area contributed by atoms with Crippen molar-refractivity contribution in [1.29, 1.82) is 0 Å². The van der Waals surface area contributed by atoms with E-state index in [1.807, 2.05) is 11.8 Å². The Balaban J connectivity index is 1.89. The van der Waals surface area contributed by atoms with E-state index in [9.17, 15) is 9.90 Å². The van der Waals surface area contributed by atoms with Crippen LogP contribution in [0.2, 0.25) is 5.02 Å². The highest BCUT2D eigenvalue weighted by Crippen LogP contribution is 2.23. The number of carbonyl (C=O) groups is 1. The molecule has 1 amide bonds. The molecule has 110 valence electrons. The number of nitrogens with zero attached hydrogens (tertiary/aromatic N) is 1. The predicted octanol–water partition coefficient (Wildman–Crippen LogP) is 1.56. The van der Waals surface area contributed by atoms with Crippen LogP contribution < -0.4 is 11.1 Å². The van der Waals surface area contributed by atoms with Crippen molar-refractivity contribution in [2.75, 3.05) is 30.7 Å². The van der Waals surface area contributed by atoms with Crippen molar-refractivity contribution in [3.8, 4) is 0 Å². The fourth-order valence-electron chi connectivity index (χ4n) is 2.40. The second-order valence-electron chi connectivity index (χ2n) is 5.35. The maximum atomic E-state index is 12.0. The molecule has 0 radical (unpaired) electrons. The van der Waals surface area contributed by atoms with Gasteiger partial charge in [0.25, 0.3) is 0 Å². The van der Waals surface area contributed by atoms with E-state index in [1.54, 1.807) is 18.2 Å². The van der Waals surface area contributed by atoms with Crippen LogP contribution in [-0.2, 0) is 4.79 Å². The first-order chi connectivity index (χ1) is 9.45. The van der Waals surface area contributed by atoms with Gasteiger partial charge in [-0.3, -0.25) is 9.69 Å². The molecule has 1 aliphatic heterocycles. The minimum absolute atomic E-state index is 0.109. The number of nitrogens with one attached hydrogen (secondary N) is 1. The highest BCUT2D eigenvalue weighted by molar-refractivity contribution is 6.31. The molecule has 1 aromatic carbocycles. The van der Waals surface area contributed by atoms with Crippen molar-refractivity contribution in [3.63, 3.8) is 0 Å². The van der Waals surface area contributed by atoms with Gasteiger partial charge >= 0.3 is 0 Å². The highest BCUT2D eigenvalue weighted by Gasteiger charge is 2.25. The molecule has 2 unspecified atom stereocenters. The maximum Gasteiger partial charge on any atom is 0.238 e. The summed E-state index contributed by atoms with van der Waals surface area (Å²) in [6.45, 7) is 3.75. The Morgan fingerprint density at radius 2 is 2.35 bits per heavy atom. The molecule has 2 rings (SSSR count). The van der Waals surface area contributed by atoms with E-state index in [4.69, 9.17) is 17.3 Å². The number of amides is 1. The monoisotopic (exact) mass is 297 g/mol. The van der Waals surface area contributed by atoms with E-state index >= 15 is 0 Å². The summed E-state index contributed by atoms with van der Waals surface area (Å²) in [6.07, 6.45) is 0.443. The van der Waals surface area contributed by atoms with Crippen LogP contribution in [0.15, 0.2) is 18.2 Å². The van der Waals surface area contributed by atoms with Crippen LogP contribution in [0.4, 0.5) is 11.4 Å². The summed E-state index contributed by atoms with van der Waals surface area (Å²) in [5, 5.41) is 13.0. The number of hydrogen-bond acceptors (Lipinski definition) is 4. The molecule has 1 aliphatic rings. The lowest BCUT2D eigenvalue weighted by Gasteiger charge is -2.33. The van der Waals surface area contributed by atoms with Crippen molar-refractivity contribution in [1.82, 2.24) is 4.90 Å². The van der Waals surface area contributed by atoms with Crippen LogP contribution >= 0.6 is 11.6 Å². The topological polar surface area (TPSA) is 78.6 Å². The SMILES string of the molecule is CC1CN(CC(=O)Nc2ccc(Cl)cc2N)CCC1O. The Kier molecular flexibility index (Phi) is 4.86. The Hall–Kier alpha value is -1.30. The number of nitrogens with two attached hydrogens (primary N) is 1. The van der Waals surface area contributed by atoms with E-state index in [0.29, 0.717) is 29.4 Å². The fraction of sp³-hybridized carbons (Fsp3) is 0.500. The molecule has 0 spiro atoms. The number of aliphatic hydroxyl groups is 1. The summed E-state index contributed by atoms with van der Waals surface area (Å²) in [7, 11) is 0. The van der Waals surface area contributed by atoms with Gasteiger partial charge in [0.1, 0.15) is 0 Å². The summed E-state index contributed by atoms with van der Waals surface area (Å²) in [5.74, 6) is 0.0831. The average molecular weight is 298 g/mol. The largest absolute Gasteiger partial charge is 0.397 e. The summed E-state index contributed by atoms with van der Waals surface area (Å²) in [6, 6.07) is 4.99. The maximum absolute atomic E-state index is 12.0. The minimum Gasteiger partial charge on any atom is -0.397 e. The molecule has 20 heavy (non-hydrogen) atoms. The predicted molar refractivity (Wildman–Crippen MR) is 80.7 cm³/mol. The lowest BCUT2D eigenvalue weighted by molar-refractivity contribution is -0.118. The molecule has 1 heterocycles. The van der Waals surface area contributed by atoms with Gasteiger partial charge in [0.05, 0.1) is 24.0 Å². The van der Waals surface area contributed by atoms with Crippen molar-refractivity contribution in [2.24, 2.45) is 5.92 Å². The second kappa shape index (κ2) is 6.43. The fourth-order valence-corrected chi connectivity index (χ4v) is 2.58. The molecule has 2 atom stereocenters. The molecule has 6 heteroatoms. The molecule has 1 aromatic rings. The van der Waals surface area contributed by atoms with Crippen LogP contribution in [0.25, 0.3) is 0 Å². The molecule has 5 nitrogen and oxygen atoms in total. The first-order valence-electron chi connectivity index (χ1n) is 6.71. The quantitative estimate of drug-likeness (QED) is 0.740. The molecule has 4 N–H and O–H groups in total. The summed E-state index contributed by atoms with van der Waals surface area (Å²) >= 11 is 5.81. The number of rotatable bonds is 3. The molecule has 0 saturated carbocycles. The van der Waals surface area contributed by atoms with Gasteiger partial charge in [-0.1, -0.05) is 18.5 Å². The van der Waals surface area contributed by atoms with E-state index in [2.05, 4.69) is 5.32 Å². The number of piperidine rings is 1. The van der Waals surface area contributed by atoms with Crippen molar-refractivity contribution < 1.29 is 9.90 Å². The summed E-state index contributed by atoms with van der Waals surface area (Å²) < 4.78 is 0. The van der Waals surface area contributed by atoms with Crippen LogP contribution in [0.5, 0.6) is 0 Å². The zero-order valence-electron chi connectivity index (χ0n) is 11.5. The Morgan fingerprint density at radius 3 is 3.00 bits per heavy atom. The van der Waals surface area contributed by atoms with Gasteiger partial charge in [-0.2, -0.15) is 0 Å². The number of nitrogen functional groups attached to an aromatic ring is 1. The summed E-state index contributed by atoms with van der Waals surface area (Å²) in [5.41, 5.74) is 6.82. The Morgan fingerprint density at radius 1 is 1.60 bits per heavy atom. The van der Waals surface area contributed by atoms with Gasteiger partial charge in [0.15, 0.2) is 0 Å². The number of likely N-dealkylation sites (tertiary alicyclic amines) is 1. The Labute approximate surface area is 123 Å². The zero-order chi connectivity index (χ0) is 14.7. The van der Waals surface area contributed by atoms with Gasteiger partial charge in [-0.25, -0.2) is 0 Å². The van der Waals surface area contributed by atoms with Gasteiger partial charge in [-0.15, -0.1) is 0 Å². The second-order valence-corrected chi connectivity index (χ2v) is 5.78. The van der Waals surface area contributed by atoms with Crippen LogP contribution in [-0.4, -0.2) is 41.7 Å². The van der Waals surface area contributed by atoms with E-state index in [-0.39, 0.29) is 17.9 Å². The van der Waals surface area contributed by atoms with E-state index in [0.717, 1.165) is 13.1 Å². The molecular formula is C14H20ClN3O2. The molecule has 0 aromatic heterocycles. The van der Waals surface area contributed by atoms with Gasteiger partial charge in [0.2, 0.25) is 5.91 Å². The third-order valence-electron chi connectivity index (χ3n) is 3.60. The lowest BCUT2D eigenvalue weighted by Crippen LogP contribution is -2.45. The normalized spacial score (nSPS) is 23.6. The van der Waals surface area contributed by atoms with Crippen molar-refractivity contribution >= 4 is 28.9 Å². The molecular weight excluding hydrogens is 278 g/mol. The average Bonchev–Trinajstić information content (AvgIpc) is 2.37. The van der Waals surface area contributed by atoms with Gasteiger partial charge in [0, 0.05) is 18.1 Å². The standard InChI is InChI=1S/C14H20ClN3O2/c1-9-7-18(5-4-13(9)19)8-14(20)17-12-3-2-10(15)6-11(12)16/h2-3,6,9,13,19H,4-5,7-8,16H2,1H3,(H,17,20). The molecule has 0 aliphatic carbocycles. The van der Waals surface area contributed by atoms with Crippen LogP contribution in [0, 0.1) is 5.92 Å². The Bertz CT molecular complexity index is 495. The molecule has 1 saturated heterocycles. The third-order valence-corrected chi connectivity index (χ3v) is 3.83. The summed E-state index contributed by atoms with van der Waals surface area (Å²) in [4.78, 5) is 14.0. The smallest absolute Gasteiger partial charge is 0.238 e. The van der Waals surface area contributed by atoms with E-state index in [1.165, 1.54) is 0 Å². The number of hydrogen-bond donors (Lipinski definition) is 3. The lowest BCUT2D eigenvalue weighted by atomic mass is 9.97. The highest BCUT2D eigenvalue weighted by atomic mass is 35.5. The van der Waals surface area contributed by atoms with Gasteiger partial charge < -0.3 is 16.2 Å². The molecule has 0 bridgehead atoms. The number of halogens is 1. The van der Waals surface area contributed by atoms with Crippen LogP contribution in [0.3, 0.4) is 0 Å².